The van der Waals surface area contributed by atoms with Crippen LogP contribution in [0.1, 0.15) is 71.1 Å². The zero-order chi connectivity index (χ0) is 18.3. The molecule has 4 fully saturated rings. The lowest BCUT2D eigenvalue weighted by molar-refractivity contribution is -0.148. The number of fused-ring (bicyclic) bond motifs is 2. The van der Waals surface area contributed by atoms with Gasteiger partial charge in [-0.05, 0) is 63.2 Å². The minimum atomic E-state index is -0.230. The second-order valence-corrected chi connectivity index (χ2v) is 9.31. The van der Waals surface area contributed by atoms with Gasteiger partial charge in [0.1, 0.15) is 6.10 Å². The quantitative estimate of drug-likeness (QED) is 0.519. The van der Waals surface area contributed by atoms with Crippen LogP contribution in [0.4, 0.5) is 0 Å². The highest BCUT2D eigenvalue weighted by molar-refractivity contribution is 5.87. The molecule has 5 atom stereocenters. The first kappa shape index (κ1) is 18.1. The van der Waals surface area contributed by atoms with Gasteiger partial charge in [-0.15, -0.1) is 0 Å². The van der Waals surface area contributed by atoms with Gasteiger partial charge in [0.15, 0.2) is 0 Å². The third-order valence-electron chi connectivity index (χ3n) is 7.72. The van der Waals surface area contributed by atoms with Crippen LogP contribution in [0.2, 0.25) is 0 Å². The fourth-order valence-corrected chi connectivity index (χ4v) is 6.38. The average molecular weight is 360 g/mol. The van der Waals surface area contributed by atoms with Crippen molar-refractivity contribution >= 4 is 11.9 Å². The van der Waals surface area contributed by atoms with Crippen LogP contribution in [0.25, 0.3) is 0 Å². The minimum absolute atomic E-state index is 0.0756. The van der Waals surface area contributed by atoms with Crippen molar-refractivity contribution in [3.05, 3.63) is 12.2 Å². The molecule has 4 rings (SSSR count). The molecule has 4 nitrogen and oxygen atoms in total. The van der Waals surface area contributed by atoms with E-state index in [0.29, 0.717) is 29.9 Å². The van der Waals surface area contributed by atoms with Gasteiger partial charge in [-0.3, -0.25) is 4.79 Å². The lowest BCUT2D eigenvalue weighted by Crippen LogP contribution is -2.31. The van der Waals surface area contributed by atoms with Crippen molar-refractivity contribution in [2.75, 3.05) is 6.61 Å². The Bertz CT molecular complexity index is 589. The molecular formula is C22H32O4. The predicted molar refractivity (Wildman–Crippen MR) is 98.2 cm³/mol. The molecule has 1 heterocycles. The maximum Gasteiger partial charge on any atom is 0.333 e. The number of hydrogen-bond donors (Lipinski definition) is 0. The summed E-state index contributed by atoms with van der Waals surface area (Å²) < 4.78 is 11.2. The summed E-state index contributed by atoms with van der Waals surface area (Å²) >= 11 is 0. The first-order valence-electron chi connectivity index (χ1n) is 10.5. The summed E-state index contributed by atoms with van der Waals surface area (Å²) in [5, 5.41) is 0. The molecule has 0 aromatic heterocycles. The van der Waals surface area contributed by atoms with Crippen molar-refractivity contribution in [2.24, 2.45) is 29.1 Å². The number of esters is 2. The van der Waals surface area contributed by atoms with E-state index in [1.165, 1.54) is 32.1 Å². The van der Waals surface area contributed by atoms with Gasteiger partial charge in [0.05, 0.1) is 12.0 Å². The molecule has 0 aromatic carbocycles. The smallest absolute Gasteiger partial charge is 0.333 e. The Morgan fingerprint density at radius 1 is 1.23 bits per heavy atom. The lowest BCUT2D eigenvalue weighted by Gasteiger charge is -2.30. The van der Waals surface area contributed by atoms with Gasteiger partial charge in [-0.1, -0.05) is 32.3 Å². The van der Waals surface area contributed by atoms with E-state index >= 15 is 0 Å². The van der Waals surface area contributed by atoms with Gasteiger partial charge < -0.3 is 9.47 Å². The highest BCUT2D eigenvalue weighted by Crippen LogP contribution is 2.53. The highest BCUT2D eigenvalue weighted by Gasteiger charge is 2.53. The van der Waals surface area contributed by atoms with Crippen LogP contribution in [-0.2, 0) is 19.1 Å². The number of cyclic esters (lactones) is 1. The number of rotatable bonds is 6. The zero-order valence-electron chi connectivity index (χ0n) is 16.0. The molecule has 0 N–H and O–H groups in total. The monoisotopic (exact) mass is 360 g/mol. The van der Waals surface area contributed by atoms with Crippen LogP contribution < -0.4 is 0 Å². The average Bonchev–Trinajstić information content (AvgIpc) is 3.36. The van der Waals surface area contributed by atoms with Gasteiger partial charge in [0.25, 0.3) is 0 Å². The maximum atomic E-state index is 12.3. The summed E-state index contributed by atoms with van der Waals surface area (Å²) in [5.41, 5.74) is 0.353. The normalized spacial score (nSPS) is 37.3. The molecule has 26 heavy (non-hydrogen) atoms. The first-order chi connectivity index (χ1) is 12.5. The lowest BCUT2D eigenvalue weighted by atomic mass is 9.73. The standard InChI is InChI=1S/C22H32O4/c1-14(2)20(23)26-19-12-15-10-16(18(19)11-15)6-5-7-17-13-25-21(24)22(17)8-3-4-9-22/h15-19H,1,3-13H2,2H3. The number of hydrogen-bond acceptors (Lipinski definition) is 4. The van der Waals surface area contributed by atoms with E-state index in [1.54, 1.807) is 6.92 Å². The predicted octanol–water partition coefficient (Wildman–Crippen LogP) is 4.42. The third-order valence-corrected chi connectivity index (χ3v) is 7.72. The Hall–Kier alpha value is -1.32. The van der Waals surface area contributed by atoms with Crippen molar-refractivity contribution in [2.45, 2.75) is 77.2 Å². The summed E-state index contributed by atoms with van der Waals surface area (Å²) in [6.07, 6.45) is 11.5. The number of carbonyl (C=O) groups is 2. The molecule has 0 aromatic rings. The van der Waals surface area contributed by atoms with Gasteiger partial charge in [0, 0.05) is 11.5 Å². The summed E-state index contributed by atoms with van der Waals surface area (Å²) in [6.45, 7) is 6.05. The summed E-state index contributed by atoms with van der Waals surface area (Å²) in [6, 6.07) is 0. The van der Waals surface area contributed by atoms with Crippen molar-refractivity contribution in [3.63, 3.8) is 0 Å². The second-order valence-electron chi connectivity index (χ2n) is 9.31. The van der Waals surface area contributed by atoms with Crippen molar-refractivity contribution in [1.29, 1.82) is 0 Å². The minimum Gasteiger partial charge on any atom is -0.465 e. The van der Waals surface area contributed by atoms with E-state index in [4.69, 9.17) is 9.47 Å². The molecule has 1 saturated heterocycles. The highest BCUT2D eigenvalue weighted by atomic mass is 16.5. The van der Waals surface area contributed by atoms with E-state index < -0.39 is 0 Å². The van der Waals surface area contributed by atoms with Crippen LogP contribution in [-0.4, -0.2) is 24.6 Å². The molecule has 4 heteroatoms. The van der Waals surface area contributed by atoms with Gasteiger partial charge in [-0.25, -0.2) is 4.79 Å². The van der Waals surface area contributed by atoms with E-state index in [0.717, 1.165) is 38.0 Å². The molecule has 3 saturated carbocycles. The topological polar surface area (TPSA) is 52.6 Å². The molecular weight excluding hydrogens is 328 g/mol. The third kappa shape index (κ3) is 3.10. The molecule has 3 aliphatic carbocycles. The van der Waals surface area contributed by atoms with Gasteiger partial charge in [0.2, 0.25) is 0 Å². The Balaban J connectivity index is 1.28. The van der Waals surface area contributed by atoms with Crippen molar-refractivity contribution < 1.29 is 19.1 Å². The Morgan fingerprint density at radius 3 is 2.69 bits per heavy atom. The number of carbonyl (C=O) groups excluding carboxylic acids is 2. The van der Waals surface area contributed by atoms with E-state index in [2.05, 4.69) is 6.58 Å². The van der Waals surface area contributed by atoms with Gasteiger partial charge >= 0.3 is 11.9 Å². The van der Waals surface area contributed by atoms with E-state index in [-0.39, 0.29) is 23.5 Å². The fraction of sp³-hybridized carbons (Fsp3) is 0.818. The zero-order valence-corrected chi connectivity index (χ0v) is 16.0. The van der Waals surface area contributed by atoms with Gasteiger partial charge in [-0.2, -0.15) is 0 Å². The Morgan fingerprint density at radius 2 is 2.00 bits per heavy atom. The SMILES string of the molecule is C=C(C)C(=O)OC1CC2CC(CCCC3COC(=O)C34CCCC4)C1C2. The van der Waals surface area contributed by atoms with Crippen LogP contribution in [0.3, 0.4) is 0 Å². The molecule has 1 aliphatic heterocycles. The molecule has 1 spiro atoms. The largest absolute Gasteiger partial charge is 0.465 e. The molecule has 2 bridgehead atoms. The molecule has 144 valence electrons. The van der Waals surface area contributed by atoms with Crippen LogP contribution in [0.15, 0.2) is 12.2 Å². The summed E-state index contributed by atoms with van der Waals surface area (Å²) in [7, 11) is 0. The molecule has 5 unspecified atom stereocenters. The van der Waals surface area contributed by atoms with Crippen LogP contribution >= 0.6 is 0 Å². The Labute approximate surface area is 156 Å². The fourth-order valence-electron chi connectivity index (χ4n) is 6.38. The van der Waals surface area contributed by atoms with E-state index in [1.807, 2.05) is 0 Å². The van der Waals surface area contributed by atoms with E-state index in [9.17, 15) is 9.59 Å². The van der Waals surface area contributed by atoms with Crippen LogP contribution in [0.5, 0.6) is 0 Å². The summed E-state index contributed by atoms with van der Waals surface area (Å²) in [5.74, 6) is 2.20. The Kier molecular flexibility index (Phi) is 4.87. The number of ether oxygens (including phenoxy) is 2. The first-order valence-corrected chi connectivity index (χ1v) is 10.5. The molecule has 0 amide bonds. The molecule has 4 aliphatic rings. The van der Waals surface area contributed by atoms with Crippen LogP contribution in [0, 0.1) is 29.1 Å². The second kappa shape index (κ2) is 7.01. The molecule has 0 radical (unpaired) electrons. The van der Waals surface area contributed by atoms with Crippen molar-refractivity contribution in [3.8, 4) is 0 Å². The summed E-state index contributed by atoms with van der Waals surface area (Å²) in [4.78, 5) is 24.1. The maximum absolute atomic E-state index is 12.3. The van der Waals surface area contributed by atoms with Crippen molar-refractivity contribution in [1.82, 2.24) is 0 Å².